The predicted octanol–water partition coefficient (Wildman–Crippen LogP) is 4.52. The number of ether oxygens (including phenoxy) is 2. The predicted molar refractivity (Wildman–Crippen MR) is 166 cm³/mol. The summed E-state index contributed by atoms with van der Waals surface area (Å²) in [5, 5.41) is 8.48. The van der Waals surface area contributed by atoms with Crippen LogP contribution in [0.4, 0.5) is 0 Å². The number of carbonyl (C=O) groups is 3. The number of rotatable bonds is 8. The number of esters is 2. The van der Waals surface area contributed by atoms with Crippen molar-refractivity contribution in [2.45, 2.75) is 89.0 Å². The fourth-order valence-electron chi connectivity index (χ4n) is 6.26. The smallest absolute Gasteiger partial charge is 0.308 e. The molecule has 0 amide bonds. The van der Waals surface area contributed by atoms with Crippen LogP contribution in [0, 0.1) is 17.8 Å². The molecule has 9 nitrogen and oxygen atoms in total. The number of methoxy groups -OCH3 is 2. The zero-order valence-electron chi connectivity index (χ0n) is 25.6. The Bertz CT molecular complexity index is 1090. The molecule has 2 aromatic rings. The molecule has 0 spiro atoms. The topological polar surface area (TPSA) is 145 Å². The van der Waals surface area contributed by atoms with Gasteiger partial charge in [0.15, 0.2) is 0 Å². The highest BCUT2D eigenvalue weighted by Crippen LogP contribution is 2.32. The standard InChI is InChI=1S/C21H25NO2.C7H13NO2.C6H11NO2/c1-24-21(23)19-12-13-20(14-19)22(15-17-8-4-2-5-9-17)16-18-10-6-3-7-11-18;1-10-7(9)5-2-3-6(8)4-5;7-5-2-1-4(3-5)6(8)9/h2-11,19-20H,12-16H2,1H3;5-6H,2-4,8H2,1H3;4-5H,1-3,7H2,(H,8,9)/t19?,20-;5?,6-;4-,5+/m001/s1. The number of carboxylic acids is 1. The molecule has 0 saturated heterocycles. The van der Waals surface area contributed by atoms with E-state index in [-0.39, 0.29) is 41.8 Å². The molecule has 0 heterocycles. The summed E-state index contributed by atoms with van der Waals surface area (Å²) in [6.07, 6.45) is 7.83. The van der Waals surface area contributed by atoms with Crippen molar-refractivity contribution in [3.05, 3.63) is 71.8 Å². The molecular formula is C34H49N3O6. The maximum Gasteiger partial charge on any atom is 0.308 e. The van der Waals surface area contributed by atoms with Gasteiger partial charge in [-0.25, -0.2) is 0 Å². The number of nitrogens with two attached hydrogens (primary N) is 2. The van der Waals surface area contributed by atoms with Gasteiger partial charge in [-0.05, 0) is 68.9 Å². The average molecular weight is 596 g/mol. The highest BCUT2D eigenvalue weighted by Gasteiger charge is 2.34. The SMILES string of the molecule is COC(=O)C1CC[C@H](N(Cc2ccccc2)Cc2ccccc2)C1.COC(=O)C1CC[C@H](N)C1.N[C@H]1CC[C@@H](C(=O)O)C1. The zero-order valence-corrected chi connectivity index (χ0v) is 25.6. The highest BCUT2D eigenvalue weighted by molar-refractivity contribution is 5.73. The van der Waals surface area contributed by atoms with Crippen LogP contribution in [0.15, 0.2) is 60.7 Å². The molecule has 0 bridgehead atoms. The maximum atomic E-state index is 11.9. The Morgan fingerprint density at radius 2 is 1.09 bits per heavy atom. The van der Waals surface area contributed by atoms with E-state index in [1.54, 1.807) is 0 Å². The van der Waals surface area contributed by atoms with E-state index in [1.165, 1.54) is 25.3 Å². The van der Waals surface area contributed by atoms with Gasteiger partial charge in [-0.3, -0.25) is 19.3 Å². The van der Waals surface area contributed by atoms with Crippen LogP contribution in [0.5, 0.6) is 0 Å². The normalized spacial score (nSPS) is 26.1. The van der Waals surface area contributed by atoms with E-state index in [0.717, 1.165) is 64.5 Å². The molecule has 5 rings (SSSR count). The summed E-state index contributed by atoms with van der Waals surface area (Å²) >= 11 is 0. The van der Waals surface area contributed by atoms with Crippen LogP contribution in [-0.2, 0) is 36.9 Å². The first-order valence-corrected chi connectivity index (χ1v) is 15.4. The number of nitrogens with zero attached hydrogens (tertiary/aromatic N) is 1. The largest absolute Gasteiger partial charge is 0.481 e. The molecule has 3 aliphatic rings. The molecule has 43 heavy (non-hydrogen) atoms. The number of benzene rings is 2. The van der Waals surface area contributed by atoms with Gasteiger partial charge in [0.1, 0.15) is 0 Å². The summed E-state index contributed by atoms with van der Waals surface area (Å²) in [6.45, 7) is 1.82. The summed E-state index contributed by atoms with van der Waals surface area (Å²) in [6, 6.07) is 21.9. The fraction of sp³-hybridized carbons (Fsp3) is 0.559. The van der Waals surface area contributed by atoms with E-state index >= 15 is 0 Å². The molecule has 0 aromatic heterocycles. The van der Waals surface area contributed by atoms with E-state index in [1.807, 2.05) is 12.1 Å². The molecule has 2 unspecified atom stereocenters. The van der Waals surface area contributed by atoms with Crippen molar-refractivity contribution in [3.63, 3.8) is 0 Å². The van der Waals surface area contributed by atoms with Gasteiger partial charge in [-0.2, -0.15) is 0 Å². The molecule has 2 aromatic carbocycles. The quantitative estimate of drug-likeness (QED) is 0.375. The van der Waals surface area contributed by atoms with Crippen LogP contribution < -0.4 is 11.5 Å². The van der Waals surface area contributed by atoms with Crippen molar-refractivity contribution in [1.29, 1.82) is 0 Å². The Hall–Kier alpha value is -3.27. The van der Waals surface area contributed by atoms with Gasteiger partial charge in [0.05, 0.1) is 32.0 Å². The van der Waals surface area contributed by atoms with Crippen molar-refractivity contribution in [3.8, 4) is 0 Å². The van der Waals surface area contributed by atoms with Crippen molar-refractivity contribution in [2.75, 3.05) is 14.2 Å². The lowest BCUT2D eigenvalue weighted by atomic mass is 10.1. The van der Waals surface area contributed by atoms with E-state index in [4.69, 9.17) is 21.3 Å². The van der Waals surface area contributed by atoms with Gasteiger partial charge in [-0.1, -0.05) is 60.7 Å². The first kappa shape index (κ1) is 34.2. The number of carboxylic acid groups (broad SMARTS) is 1. The van der Waals surface area contributed by atoms with Crippen LogP contribution in [0.2, 0.25) is 0 Å². The Balaban J connectivity index is 0.000000218. The zero-order chi connectivity index (χ0) is 31.2. The lowest BCUT2D eigenvalue weighted by molar-refractivity contribution is -0.146. The first-order chi connectivity index (χ1) is 20.7. The molecule has 3 aliphatic carbocycles. The summed E-state index contributed by atoms with van der Waals surface area (Å²) < 4.78 is 9.53. The molecule has 9 heteroatoms. The Labute approximate surface area is 255 Å². The van der Waals surface area contributed by atoms with Crippen LogP contribution in [-0.4, -0.2) is 60.3 Å². The molecular weight excluding hydrogens is 546 g/mol. The van der Waals surface area contributed by atoms with Gasteiger partial charge in [0.2, 0.25) is 0 Å². The van der Waals surface area contributed by atoms with Crippen molar-refractivity contribution in [1.82, 2.24) is 4.90 Å². The van der Waals surface area contributed by atoms with Gasteiger partial charge in [0.25, 0.3) is 0 Å². The van der Waals surface area contributed by atoms with Crippen molar-refractivity contribution in [2.24, 2.45) is 29.2 Å². The van der Waals surface area contributed by atoms with Crippen LogP contribution in [0.1, 0.15) is 68.9 Å². The summed E-state index contributed by atoms with van der Waals surface area (Å²) in [5.41, 5.74) is 13.7. The molecule has 236 valence electrons. The van der Waals surface area contributed by atoms with Crippen LogP contribution in [0.25, 0.3) is 0 Å². The molecule has 3 saturated carbocycles. The molecule has 0 aliphatic heterocycles. The summed E-state index contributed by atoms with van der Waals surface area (Å²) in [4.78, 5) is 35.5. The van der Waals surface area contributed by atoms with E-state index < -0.39 is 5.97 Å². The Morgan fingerprint density at radius 3 is 1.47 bits per heavy atom. The second-order valence-electron chi connectivity index (χ2n) is 12.0. The average Bonchev–Trinajstić information content (AvgIpc) is 3.79. The van der Waals surface area contributed by atoms with Gasteiger partial charge in [0, 0.05) is 31.2 Å². The fourth-order valence-corrected chi connectivity index (χ4v) is 6.26. The third-order valence-corrected chi connectivity index (χ3v) is 8.74. The molecule has 0 radical (unpaired) electrons. The first-order valence-electron chi connectivity index (χ1n) is 15.4. The minimum Gasteiger partial charge on any atom is -0.481 e. The Morgan fingerprint density at radius 1 is 0.674 bits per heavy atom. The van der Waals surface area contributed by atoms with Crippen molar-refractivity contribution >= 4 is 17.9 Å². The van der Waals surface area contributed by atoms with Gasteiger partial charge < -0.3 is 26.0 Å². The third kappa shape index (κ3) is 11.4. The highest BCUT2D eigenvalue weighted by atomic mass is 16.5. The molecule has 6 atom stereocenters. The van der Waals surface area contributed by atoms with Crippen molar-refractivity contribution < 1.29 is 29.0 Å². The third-order valence-electron chi connectivity index (χ3n) is 8.74. The second kappa shape index (κ2) is 17.8. The van der Waals surface area contributed by atoms with E-state index in [0.29, 0.717) is 12.5 Å². The van der Waals surface area contributed by atoms with E-state index in [2.05, 4.69) is 58.2 Å². The number of aliphatic carboxylic acids is 1. The summed E-state index contributed by atoms with van der Waals surface area (Å²) in [5.74, 6) is -0.901. The lowest BCUT2D eigenvalue weighted by Gasteiger charge is -2.29. The molecule has 5 N–H and O–H groups in total. The van der Waals surface area contributed by atoms with Gasteiger partial charge in [-0.15, -0.1) is 0 Å². The number of hydrogen-bond donors (Lipinski definition) is 3. The Kier molecular flexibility index (Phi) is 14.1. The van der Waals surface area contributed by atoms with E-state index in [9.17, 15) is 14.4 Å². The minimum absolute atomic E-state index is 0.0500. The monoisotopic (exact) mass is 595 g/mol. The molecule has 3 fully saturated rings. The maximum absolute atomic E-state index is 11.9. The minimum atomic E-state index is -0.692. The van der Waals surface area contributed by atoms with Gasteiger partial charge >= 0.3 is 17.9 Å². The summed E-state index contributed by atoms with van der Waals surface area (Å²) in [7, 11) is 2.91. The van der Waals surface area contributed by atoms with Crippen LogP contribution in [0.3, 0.4) is 0 Å². The lowest BCUT2D eigenvalue weighted by Crippen LogP contribution is -2.33. The number of hydrogen-bond acceptors (Lipinski definition) is 8. The number of carbonyl (C=O) groups excluding carboxylic acids is 2. The second-order valence-corrected chi connectivity index (χ2v) is 12.0. The van der Waals surface area contributed by atoms with Crippen LogP contribution >= 0.6 is 0 Å².